The summed E-state index contributed by atoms with van der Waals surface area (Å²) in [4.78, 5) is 39.8. The van der Waals surface area contributed by atoms with Crippen molar-refractivity contribution in [2.24, 2.45) is 5.16 Å². The third-order valence-electron chi connectivity index (χ3n) is 4.15. The average molecular weight is 449 g/mol. The van der Waals surface area contributed by atoms with Gasteiger partial charge >= 0.3 is 0 Å². The Morgan fingerprint density at radius 3 is 3.00 bits per heavy atom. The van der Waals surface area contributed by atoms with Gasteiger partial charge in [-0.05, 0) is 11.6 Å². The standard InChI is InChI=1S/C17H16N6O3S3/c1-26-22-12(10-8-29-17(18)20-10)14(24)21-13-15(25)23-6-9(7-28-16(13)23)2-3-11-19-4-5-27-11/h2-6,8,13,16H,7H2,1H3,(H2,18,20)(H,21,24)/t13?,16-/m0/s1. The van der Waals surface area contributed by atoms with Gasteiger partial charge in [-0.2, -0.15) is 0 Å². The zero-order chi connectivity index (χ0) is 20.4. The van der Waals surface area contributed by atoms with Gasteiger partial charge in [-0.1, -0.05) is 11.2 Å². The minimum absolute atomic E-state index is 0.0184. The second-order valence-electron chi connectivity index (χ2n) is 6.00. The highest BCUT2D eigenvalue weighted by Gasteiger charge is 2.49. The summed E-state index contributed by atoms with van der Waals surface area (Å²) in [6.07, 6.45) is 7.45. The summed E-state index contributed by atoms with van der Waals surface area (Å²) in [6.45, 7) is 0. The summed E-state index contributed by atoms with van der Waals surface area (Å²) in [5.41, 5.74) is 6.93. The van der Waals surface area contributed by atoms with E-state index in [2.05, 4.69) is 20.4 Å². The second-order valence-corrected chi connectivity index (χ2v) is 8.92. The maximum absolute atomic E-state index is 12.7. The van der Waals surface area contributed by atoms with Crippen LogP contribution in [0.15, 0.2) is 40.0 Å². The first-order chi connectivity index (χ1) is 14.1. The molecule has 4 heterocycles. The zero-order valence-corrected chi connectivity index (χ0v) is 17.6. The minimum atomic E-state index is -0.633. The van der Waals surface area contributed by atoms with Gasteiger partial charge in [-0.15, -0.1) is 34.4 Å². The predicted octanol–water partition coefficient (Wildman–Crippen LogP) is 1.53. The summed E-state index contributed by atoms with van der Waals surface area (Å²) < 4.78 is 0. The number of nitrogens with one attached hydrogen (secondary N) is 1. The summed E-state index contributed by atoms with van der Waals surface area (Å²) in [5, 5.41) is 11.1. The highest BCUT2D eigenvalue weighted by Crippen LogP contribution is 2.36. The number of hydrogen-bond acceptors (Lipinski definition) is 10. The number of thioether (sulfide) groups is 1. The Morgan fingerprint density at radius 2 is 2.31 bits per heavy atom. The summed E-state index contributed by atoms with van der Waals surface area (Å²) in [7, 11) is 1.34. The zero-order valence-electron chi connectivity index (χ0n) is 15.1. The summed E-state index contributed by atoms with van der Waals surface area (Å²) in [5.74, 6) is 0.0177. The van der Waals surface area contributed by atoms with E-state index in [1.807, 2.05) is 23.7 Å². The molecule has 1 unspecified atom stereocenters. The molecule has 0 aliphatic carbocycles. The van der Waals surface area contributed by atoms with Crippen LogP contribution in [-0.2, 0) is 14.4 Å². The fourth-order valence-electron chi connectivity index (χ4n) is 2.82. The Kier molecular flexibility index (Phi) is 5.65. The van der Waals surface area contributed by atoms with Gasteiger partial charge in [0.15, 0.2) is 10.8 Å². The van der Waals surface area contributed by atoms with Crippen molar-refractivity contribution in [1.82, 2.24) is 20.2 Å². The lowest BCUT2D eigenvalue weighted by molar-refractivity contribution is -0.143. The SMILES string of the molecule is CON=C(C(=O)NC1C(=O)N2C=C(C=Cc3nccs3)CS[C@@H]12)c1csc(N)n1. The van der Waals surface area contributed by atoms with Crippen LogP contribution in [-0.4, -0.2) is 56.7 Å². The van der Waals surface area contributed by atoms with E-state index in [0.29, 0.717) is 10.8 Å². The van der Waals surface area contributed by atoms with Crippen molar-refractivity contribution >= 4 is 63.2 Å². The molecule has 12 heteroatoms. The highest BCUT2D eigenvalue weighted by atomic mass is 32.2. The predicted molar refractivity (Wildman–Crippen MR) is 114 cm³/mol. The molecule has 2 aromatic rings. The van der Waals surface area contributed by atoms with Crippen LogP contribution < -0.4 is 11.1 Å². The van der Waals surface area contributed by atoms with Crippen molar-refractivity contribution in [1.29, 1.82) is 0 Å². The molecule has 9 nitrogen and oxygen atoms in total. The van der Waals surface area contributed by atoms with Crippen molar-refractivity contribution in [3.8, 4) is 0 Å². The van der Waals surface area contributed by atoms with Gasteiger partial charge in [0, 0.05) is 28.9 Å². The number of fused-ring (bicyclic) bond motifs is 1. The molecule has 2 aliphatic heterocycles. The molecular weight excluding hydrogens is 432 g/mol. The smallest absolute Gasteiger partial charge is 0.276 e. The normalized spacial score (nSPS) is 21.6. The Morgan fingerprint density at radius 1 is 1.45 bits per heavy atom. The van der Waals surface area contributed by atoms with Crippen LogP contribution in [0.25, 0.3) is 6.08 Å². The fraction of sp³-hybridized carbons (Fsp3) is 0.235. The van der Waals surface area contributed by atoms with Gasteiger partial charge in [0.05, 0.1) is 0 Å². The van der Waals surface area contributed by atoms with Gasteiger partial charge in [-0.3, -0.25) is 9.59 Å². The van der Waals surface area contributed by atoms with Crippen LogP contribution in [0.3, 0.4) is 0 Å². The molecule has 1 saturated heterocycles. The van der Waals surface area contributed by atoms with E-state index in [4.69, 9.17) is 10.6 Å². The van der Waals surface area contributed by atoms with E-state index < -0.39 is 11.9 Å². The van der Waals surface area contributed by atoms with Crippen LogP contribution in [0.1, 0.15) is 10.7 Å². The molecule has 29 heavy (non-hydrogen) atoms. The van der Waals surface area contributed by atoms with E-state index in [0.717, 1.165) is 16.3 Å². The maximum atomic E-state index is 12.7. The number of nitrogen functional groups attached to an aromatic ring is 1. The summed E-state index contributed by atoms with van der Waals surface area (Å²) in [6, 6.07) is -0.633. The quantitative estimate of drug-likeness (QED) is 0.390. The van der Waals surface area contributed by atoms with Crippen LogP contribution >= 0.6 is 34.4 Å². The van der Waals surface area contributed by atoms with Crippen LogP contribution in [0.4, 0.5) is 5.13 Å². The number of oxime groups is 1. The van der Waals surface area contributed by atoms with Crippen molar-refractivity contribution in [2.45, 2.75) is 11.4 Å². The van der Waals surface area contributed by atoms with Gasteiger partial charge in [0.1, 0.15) is 29.2 Å². The fourth-order valence-corrected chi connectivity index (χ4v) is 5.13. The lowest BCUT2D eigenvalue weighted by Crippen LogP contribution is -2.69. The number of carbonyl (C=O) groups is 2. The van der Waals surface area contributed by atoms with E-state index in [1.54, 1.807) is 39.6 Å². The van der Waals surface area contributed by atoms with Crippen molar-refractivity contribution in [3.63, 3.8) is 0 Å². The number of nitrogens with zero attached hydrogens (tertiary/aromatic N) is 4. The third kappa shape index (κ3) is 4.04. The topological polar surface area (TPSA) is 123 Å². The Labute approximate surface area is 178 Å². The first kappa shape index (κ1) is 19.6. The molecular formula is C17H16N6O3S3. The molecule has 4 rings (SSSR count). The van der Waals surface area contributed by atoms with E-state index in [9.17, 15) is 9.59 Å². The van der Waals surface area contributed by atoms with E-state index in [-0.39, 0.29) is 17.0 Å². The lowest BCUT2D eigenvalue weighted by atomic mass is 10.1. The number of hydrogen-bond donors (Lipinski definition) is 2. The number of allylic oxidation sites excluding steroid dienone is 1. The third-order valence-corrected chi connectivity index (χ3v) is 6.90. The molecule has 0 bridgehead atoms. The molecule has 2 aromatic heterocycles. The minimum Gasteiger partial charge on any atom is -0.398 e. The molecule has 2 aliphatic rings. The Hall–Kier alpha value is -2.70. The highest BCUT2D eigenvalue weighted by molar-refractivity contribution is 8.00. The van der Waals surface area contributed by atoms with Gasteiger partial charge in [0.25, 0.3) is 11.8 Å². The summed E-state index contributed by atoms with van der Waals surface area (Å²) >= 11 is 4.32. The monoisotopic (exact) mass is 448 g/mol. The molecule has 0 radical (unpaired) electrons. The number of β-lactam (4-membered cyclic amide) rings is 1. The molecule has 0 spiro atoms. The number of amides is 2. The van der Waals surface area contributed by atoms with Crippen molar-refractivity contribution in [3.05, 3.63) is 45.5 Å². The van der Waals surface area contributed by atoms with Crippen LogP contribution in [0, 0.1) is 0 Å². The number of carbonyl (C=O) groups excluding carboxylic acids is 2. The first-order valence-corrected chi connectivity index (χ1v) is 11.2. The first-order valence-electron chi connectivity index (χ1n) is 8.42. The second kappa shape index (κ2) is 8.35. The van der Waals surface area contributed by atoms with E-state index >= 15 is 0 Å². The Balaban J connectivity index is 1.42. The van der Waals surface area contributed by atoms with Crippen LogP contribution in [0.5, 0.6) is 0 Å². The number of aromatic nitrogens is 2. The average Bonchev–Trinajstić information content (AvgIpc) is 3.40. The van der Waals surface area contributed by atoms with Gasteiger partial charge in [-0.25, -0.2) is 9.97 Å². The van der Waals surface area contributed by atoms with Gasteiger partial charge in [0.2, 0.25) is 0 Å². The number of rotatable bonds is 6. The maximum Gasteiger partial charge on any atom is 0.276 e. The number of anilines is 1. The molecule has 0 aromatic carbocycles. The van der Waals surface area contributed by atoms with E-state index in [1.165, 1.54) is 18.4 Å². The lowest BCUT2D eigenvalue weighted by Gasteiger charge is -2.47. The van der Waals surface area contributed by atoms with Crippen molar-refractivity contribution in [2.75, 3.05) is 18.6 Å². The van der Waals surface area contributed by atoms with Crippen LogP contribution in [0.2, 0.25) is 0 Å². The molecule has 0 saturated carbocycles. The molecule has 3 N–H and O–H groups in total. The molecule has 1 fully saturated rings. The largest absolute Gasteiger partial charge is 0.398 e. The number of thiazole rings is 2. The number of nitrogens with two attached hydrogens (primary N) is 1. The molecule has 2 atom stereocenters. The Bertz CT molecular complexity index is 1010. The van der Waals surface area contributed by atoms with Crippen molar-refractivity contribution < 1.29 is 14.4 Å². The molecule has 150 valence electrons. The molecule has 2 amide bonds. The van der Waals surface area contributed by atoms with Gasteiger partial charge < -0.3 is 20.8 Å².